The second kappa shape index (κ2) is 17.5. The van der Waals surface area contributed by atoms with Crippen LogP contribution < -0.4 is 9.47 Å². The lowest BCUT2D eigenvalue weighted by atomic mass is 10.0. The zero-order chi connectivity index (χ0) is 32.6. The molecule has 10 heteroatoms. The van der Waals surface area contributed by atoms with Crippen LogP contribution in [0.4, 0.5) is 0 Å². The van der Waals surface area contributed by atoms with E-state index < -0.39 is 11.9 Å². The van der Waals surface area contributed by atoms with Gasteiger partial charge in [0.05, 0.1) is 7.11 Å². The molecule has 0 amide bonds. The number of oxime groups is 2. The number of carboxylic acids is 1. The van der Waals surface area contributed by atoms with Crippen LogP contribution in [0.25, 0.3) is 0 Å². The average molecular weight is 613 g/mol. The molecule has 0 fully saturated rings. The van der Waals surface area contributed by atoms with E-state index in [1.165, 1.54) is 21.3 Å². The highest BCUT2D eigenvalue weighted by Gasteiger charge is 2.20. The summed E-state index contributed by atoms with van der Waals surface area (Å²) in [6.07, 6.45) is 0. The molecule has 0 aliphatic heterocycles. The van der Waals surface area contributed by atoms with Gasteiger partial charge in [-0.25, -0.2) is 9.59 Å². The molecule has 0 aromatic heterocycles. The molecule has 10 nitrogen and oxygen atoms in total. The Morgan fingerprint density at radius 3 is 1.42 bits per heavy atom. The molecule has 4 aromatic rings. The lowest BCUT2D eigenvalue weighted by molar-refractivity contribution is -0.133. The molecule has 234 valence electrons. The minimum absolute atomic E-state index is 0.110. The Bertz CT molecular complexity index is 1650. The van der Waals surface area contributed by atoms with Gasteiger partial charge in [0.1, 0.15) is 38.9 Å². The maximum absolute atomic E-state index is 11.9. The molecule has 0 unspecified atom stereocenters. The highest BCUT2D eigenvalue weighted by Crippen LogP contribution is 2.21. The first kappa shape index (κ1) is 33.9. The van der Waals surface area contributed by atoms with E-state index in [1.54, 1.807) is 18.2 Å². The van der Waals surface area contributed by atoms with Crippen molar-refractivity contribution in [3.8, 4) is 11.5 Å². The Morgan fingerprint density at radius 1 is 0.600 bits per heavy atom. The normalized spacial score (nSPS) is 11.0. The van der Waals surface area contributed by atoms with Crippen LogP contribution in [-0.2, 0) is 37.2 Å². The third-order valence-electron chi connectivity index (χ3n) is 6.44. The molecular weight excluding hydrogens is 576 g/mol. The van der Waals surface area contributed by atoms with E-state index >= 15 is 0 Å². The van der Waals surface area contributed by atoms with Gasteiger partial charge in [-0.2, -0.15) is 0 Å². The van der Waals surface area contributed by atoms with Crippen LogP contribution in [0.3, 0.4) is 0 Å². The number of methoxy groups -OCH3 is 1. The molecule has 0 saturated carbocycles. The topological polar surface area (TPSA) is 125 Å². The largest absolute Gasteiger partial charge is 0.489 e. The van der Waals surface area contributed by atoms with E-state index in [9.17, 15) is 14.7 Å². The summed E-state index contributed by atoms with van der Waals surface area (Å²) in [5.74, 6) is -0.149. The quantitative estimate of drug-likeness (QED) is 0.116. The van der Waals surface area contributed by atoms with Crippen molar-refractivity contribution >= 4 is 23.4 Å². The number of ether oxygens (including phenoxy) is 3. The maximum Gasteiger partial charge on any atom is 0.360 e. The first-order valence-corrected chi connectivity index (χ1v) is 13.9. The van der Waals surface area contributed by atoms with Gasteiger partial charge in [0.25, 0.3) is 0 Å². The number of carbonyl (C=O) groups excluding carboxylic acids is 1. The summed E-state index contributed by atoms with van der Waals surface area (Å²) >= 11 is 0. The standard InChI is InChI=1S/C18H19NO4.C17H17NO4/c1-13-8-4-7-11-16(13)23-12-14-9-5-6-10-15(14)17(19-22-3)18(20)21-2;1-12-7-3-6-10-15(12)22-11-13-8-4-5-9-14(13)16(17(19)20)18-21-2/h4-11H,12H2,1-3H3;3-10H,11H2,1-2H3,(H,19,20)/b19-17+;18-16+. The van der Waals surface area contributed by atoms with Crippen molar-refractivity contribution in [2.75, 3.05) is 21.3 Å². The number of aliphatic carboxylic acids is 1. The van der Waals surface area contributed by atoms with Gasteiger partial charge in [-0.3, -0.25) is 0 Å². The zero-order valence-corrected chi connectivity index (χ0v) is 25.9. The molecule has 4 aromatic carbocycles. The highest BCUT2D eigenvalue weighted by atomic mass is 16.6. The third kappa shape index (κ3) is 9.69. The molecule has 0 aliphatic carbocycles. The molecule has 0 saturated heterocycles. The molecule has 0 radical (unpaired) electrons. The summed E-state index contributed by atoms with van der Waals surface area (Å²) in [7, 11) is 4.00. The fraction of sp³-hybridized carbons (Fsp3) is 0.200. The van der Waals surface area contributed by atoms with Crippen molar-refractivity contribution in [2.45, 2.75) is 27.1 Å². The minimum atomic E-state index is -1.15. The highest BCUT2D eigenvalue weighted by molar-refractivity contribution is 6.43. The van der Waals surface area contributed by atoms with Gasteiger partial charge in [0, 0.05) is 11.1 Å². The molecule has 4 rings (SSSR count). The van der Waals surface area contributed by atoms with Crippen molar-refractivity contribution in [3.63, 3.8) is 0 Å². The minimum Gasteiger partial charge on any atom is -0.489 e. The summed E-state index contributed by atoms with van der Waals surface area (Å²) in [4.78, 5) is 32.6. The fourth-order valence-electron chi connectivity index (χ4n) is 4.18. The Kier molecular flexibility index (Phi) is 13.1. The van der Waals surface area contributed by atoms with Gasteiger partial charge in [-0.1, -0.05) is 95.2 Å². The number of hydrogen-bond donors (Lipinski definition) is 1. The number of esters is 1. The predicted octanol–water partition coefficient (Wildman–Crippen LogP) is 6.11. The first-order valence-electron chi connectivity index (χ1n) is 13.9. The van der Waals surface area contributed by atoms with Crippen LogP contribution in [-0.4, -0.2) is 49.8 Å². The van der Waals surface area contributed by atoms with Gasteiger partial charge in [-0.15, -0.1) is 0 Å². The van der Waals surface area contributed by atoms with Crippen LogP contribution in [0.2, 0.25) is 0 Å². The number of carbonyl (C=O) groups is 2. The Hall–Kier alpha value is -5.64. The molecular formula is C35H36N2O8. The maximum atomic E-state index is 11.9. The number of nitrogens with zero attached hydrogens (tertiary/aromatic N) is 2. The van der Waals surface area contributed by atoms with Crippen LogP contribution in [0.15, 0.2) is 107 Å². The van der Waals surface area contributed by atoms with E-state index in [2.05, 4.69) is 15.1 Å². The summed E-state index contributed by atoms with van der Waals surface area (Å²) in [5, 5.41) is 16.6. The van der Waals surface area contributed by atoms with E-state index in [0.29, 0.717) is 17.7 Å². The van der Waals surface area contributed by atoms with E-state index in [-0.39, 0.29) is 18.0 Å². The van der Waals surface area contributed by atoms with Gasteiger partial charge >= 0.3 is 11.9 Å². The summed E-state index contributed by atoms with van der Waals surface area (Å²) in [6, 6.07) is 29.8. The molecule has 1 N–H and O–H groups in total. The molecule has 0 atom stereocenters. The summed E-state index contributed by atoms with van der Waals surface area (Å²) < 4.78 is 16.4. The zero-order valence-electron chi connectivity index (χ0n) is 25.9. The van der Waals surface area contributed by atoms with Gasteiger partial charge in [0.15, 0.2) is 11.4 Å². The van der Waals surface area contributed by atoms with Crippen LogP contribution in [0, 0.1) is 13.8 Å². The Morgan fingerprint density at radius 2 is 1.00 bits per heavy atom. The van der Waals surface area contributed by atoms with Crippen molar-refractivity contribution in [2.24, 2.45) is 10.3 Å². The van der Waals surface area contributed by atoms with E-state index in [0.717, 1.165) is 33.8 Å². The lowest BCUT2D eigenvalue weighted by Crippen LogP contribution is -2.19. The molecule has 0 aliphatic rings. The first-order chi connectivity index (χ1) is 21.8. The molecule has 45 heavy (non-hydrogen) atoms. The number of hydrogen-bond acceptors (Lipinski definition) is 9. The van der Waals surface area contributed by atoms with Crippen molar-refractivity contribution in [3.05, 3.63) is 130 Å². The van der Waals surface area contributed by atoms with Gasteiger partial charge < -0.3 is 29.0 Å². The van der Waals surface area contributed by atoms with Crippen LogP contribution >= 0.6 is 0 Å². The molecule has 0 spiro atoms. The summed E-state index contributed by atoms with van der Waals surface area (Å²) in [5.41, 5.74) is 4.67. The predicted molar refractivity (Wildman–Crippen MR) is 171 cm³/mol. The monoisotopic (exact) mass is 612 g/mol. The smallest absolute Gasteiger partial charge is 0.360 e. The SMILES string of the molecule is CO/N=C(/C(=O)O)c1ccccc1COc1ccccc1C.CO/N=C(/C(=O)OC)c1ccccc1COc1ccccc1C. The second-order valence-electron chi connectivity index (χ2n) is 9.46. The van der Waals surface area contributed by atoms with E-state index in [1.807, 2.05) is 92.7 Å². The lowest BCUT2D eigenvalue weighted by Gasteiger charge is -2.12. The van der Waals surface area contributed by atoms with E-state index in [4.69, 9.17) is 19.0 Å². The Labute approximate surface area is 262 Å². The Balaban J connectivity index is 0.000000246. The number of aryl methyl sites for hydroxylation is 2. The number of benzene rings is 4. The van der Waals surface area contributed by atoms with Crippen molar-refractivity contribution in [1.29, 1.82) is 0 Å². The third-order valence-corrected chi connectivity index (χ3v) is 6.44. The van der Waals surface area contributed by atoms with Crippen molar-refractivity contribution < 1.29 is 38.6 Å². The second-order valence-corrected chi connectivity index (χ2v) is 9.46. The number of para-hydroxylation sites is 2. The molecule has 0 heterocycles. The number of rotatable bonds is 12. The average Bonchev–Trinajstić information content (AvgIpc) is 3.05. The van der Waals surface area contributed by atoms with Gasteiger partial charge in [0.2, 0.25) is 0 Å². The van der Waals surface area contributed by atoms with Crippen LogP contribution in [0.1, 0.15) is 33.4 Å². The van der Waals surface area contributed by atoms with Crippen LogP contribution in [0.5, 0.6) is 11.5 Å². The van der Waals surface area contributed by atoms with Gasteiger partial charge in [-0.05, 0) is 48.2 Å². The van der Waals surface area contributed by atoms with Crippen molar-refractivity contribution in [1.82, 2.24) is 0 Å². The fourth-order valence-corrected chi connectivity index (χ4v) is 4.18. The summed E-state index contributed by atoms with van der Waals surface area (Å²) in [6.45, 7) is 4.49. The molecule has 0 bridgehead atoms. The number of carboxylic acid groups (broad SMARTS) is 1.